The van der Waals surface area contributed by atoms with Crippen molar-refractivity contribution < 1.29 is 18.1 Å². The molecule has 1 aliphatic heterocycles. The Labute approximate surface area is 90.0 Å². The largest absolute Gasteiger partial charge is 0.392 e. The summed E-state index contributed by atoms with van der Waals surface area (Å²) in [6.07, 6.45) is -0.515. The summed E-state index contributed by atoms with van der Waals surface area (Å²) in [5.74, 6) is -0.282. The number of rotatable bonds is 4. The second kappa shape index (κ2) is 5.22. The molecule has 1 heterocycles. The molecule has 6 nitrogen and oxygen atoms in total. The van der Waals surface area contributed by atoms with Crippen LogP contribution in [0.4, 0.5) is 0 Å². The maximum atomic E-state index is 10.6. The minimum Gasteiger partial charge on any atom is -0.392 e. The molecule has 0 aromatic rings. The van der Waals surface area contributed by atoms with Gasteiger partial charge in [0, 0.05) is 32.2 Å². The Morgan fingerprint density at radius 3 is 2.80 bits per heavy atom. The molecule has 2 atom stereocenters. The molecule has 1 saturated heterocycles. The molecule has 0 amide bonds. The molecule has 0 spiro atoms. The Morgan fingerprint density at radius 2 is 2.27 bits per heavy atom. The summed E-state index contributed by atoms with van der Waals surface area (Å²) < 4.78 is 29.8. The second-order valence-corrected chi connectivity index (χ2v) is 5.41. The number of nitrogens with zero attached hydrogens (tertiary/aromatic N) is 1. The first-order valence-corrected chi connectivity index (χ1v) is 6.59. The Morgan fingerprint density at radius 1 is 1.60 bits per heavy atom. The maximum absolute atomic E-state index is 10.6. The lowest BCUT2D eigenvalue weighted by atomic mass is 10.1. The van der Waals surface area contributed by atoms with Crippen molar-refractivity contribution in [3.8, 4) is 0 Å². The zero-order valence-corrected chi connectivity index (χ0v) is 9.57. The minimum atomic E-state index is -3.92. The highest BCUT2D eigenvalue weighted by Crippen LogP contribution is 2.07. The number of piperazine rings is 1. The van der Waals surface area contributed by atoms with E-state index in [4.69, 9.17) is 4.55 Å². The van der Waals surface area contributed by atoms with E-state index in [9.17, 15) is 13.5 Å². The van der Waals surface area contributed by atoms with E-state index in [0.717, 1.165) is 6.54 Å². The third-order valence-corrected chi connectivity index (χ3v) is 3.29. The van der Waals surface area contributed by atoms with Crippen LogP contribution < -0.4 is 5.32 Å². The zero-order chi connectivity index (χ0) is 11.5. The van der Waals surface area contributed by atoms with Gasteiger partial charge in [-0.3, -0.25) is 9.45 Å². The zero-order valence-electron chi connectivity index (χ0n) is 8.76. The molecule has 0 radical (unpaired) electrons. The van der Waals surface area contributed by atoms with Gasteiger partial charge in [-0.1, -0.05) is 0 Å². The van der Waals surface area contributed by atoms with Crippen molar-refractivity contribution in [2.75, 3.05) is 31.9 Å². The molecule has 0 aromatic carbocycles. The van der Waals surface area contributed by atoms with Crippen LogP contribution in [0.5, 0.6) is 0 Å². The fraction of sp³-hybridized carbons (Fsp3) is 1.00. The smallest absolute Gasteiger partial charge is 0.266 e. The molecule has 0 saturated carbocycles. The lowest BCUT2D eigenvalue weighted by molar-refractivity contribution is 0.0489. The monoisotopic (exact) mass is 238 g/mol. The first kappa shape index (κ1) is 12.9. The van der Waals surface area contributed by atoms with Crippen molar-refractivity contribution >= 4 is 10.1 Å². The van der Waals surface area contributed by atoms with Gasteiger partial charge in [0.2, 0.25) is 0 Å². The van der Waals surface area contributed by atoms with Gasteiger partial charge in [0.15, 0.2) is 0 Å². The van der Waals surface area contributed by atoms with Gasteiger partial charge in [-0.15, -0.1) is 0 Å². The maximum Gasteiger partial charge on any atom is 0.266 e. The van der Waals surface area contributed by atoms with Crippen LogP contribution in [0.25, 0.3) is 0 Å². The number of aliphatic hydroxyl groups excluding tert-OH is 1. The molecule has 90 valence electrons. The van der Waals surface area contributed by atoms with E-state index in [1.54, 1.807) is 6.92 Å². The van der Waals surface area contributed by atoms with Crippen LogP contribution in [-0.4, -0.2) is 67.1 Å². The molecule has 0 bridgehead atoms. The molecule has 1 aliphatic rings. The molecule has 1 unspecified atom stereocenters. The van der Waals surface area contributed by atoms with Crippen LogP contribution in [0.2, 0.25) is 0 Å². The second-order valence-electron chi connectivity index (χ2n) is 3.83. The van der Waals surface area contributed by atoms with Crippen molar-refractivity contribution in [3.63, 3.8) is 0 Å². The van der Waals surface area contributed by atoms with Crippen molar-refractivity contribution in [3.05, 3.63) is 0 Å². The number of aliphatic hydroxyl groups is 1. The molecule has 15 heavy (non-hydrogen) atoms. The summed E-state index contributed by atoms with van der Waals surface area (Å²) in [6.45, 7) is 4.04. The van der Waals surface area contributed by atoms with Gasteiger partial charge >= 0.3 is 0 Å². The highest BCUT2D eigenvalue weighted by atomic mass is 32.2. The molecule has 7 heteroatoms. The van der Waals surface area contributed by atoms with E-state index in [1.807, 2.05) is 4.90 Å². The van der Waals surface area contributed by atoms with Crippen LogP contribution in [0.3, 0.4) is 0 Å². The Kier molecular flexibility index (Phi) is 4.47. The van der Waals surface area contributed by atoms with Crippen LogP contribution in [0.1, 0.15) is 6.92 Å². The van der Waals surface area contributed by atoms with Gasteiger partial charge in [0.25, 0.3) is 10.1 Å². The predicted molar refractivity (Wildman–Crippen MR) is 56.3 cm³/mol. The van der Waals surface area contributed by atoms with E-state index in [0.29, 0.717) is 13.1 Å². The van der Waals surface area contributed by atoms with Gasteiger partial charge in [0.05, 0.1) is 11.9 Å². The van der Waals surface area contributed by atoms with Crippen LogP contribution in [0, 0.1) is 0 Å². The van der Waals surface area contributed by atoms with Crippen LogP contribution >= 0.6 is 0 Å². The molecule has 0 aliphatic carbocycles. The van der Waals surface area contributed by atoms with Gasteiger partial charge in [-0.05, 0) is 6.92 Å². The van der Waals surface area contributed by atoms with Crippen LogP contribution in [0.15, 0.2) is 0 Å². The van der Waals surface area contributed by atoms with E-state index < -0.39 is 16.2 Å². The van der Waals surface area contributed by atoms with E-state index in [-0.39, 0.29) is 18.3 Å². The summed E-state index contributed by atoms with van der Waals surface area (Å²) in [5.41, 5.74) is 0. The number of hydrogen-bond acceptors (Lipinski definition) is 5. The number of nitrogens with one attached hydrogen (secondary N) is 1. The summed E-state index contributed by atoms with van der Waals surface area (Å²) >= 11 is 0. The highest BCUT2D eigenvalue weighted by molar-refractivity contribution is 7.85. The standard InChI is InChI=1S/C8H18N2O4S/c1-7(11)8-6-9-2-3-10(8)4-5-15(12,13)14/h7-9,11H,2-6H2,1H3,(H,12,13,14)/t7?,8-/m0/s1. The molecule has 1 rings (SSSR count). The average molecular weight is 238 g/mol. The molecule has 3 N–H and O–H groups in total. The van der Waals surface area contributed by atoms with E-state index >= 15 is 0 Å². The van der Waals surface area contributed by atoms with Crippen molar-refractivity contribution in [2.24, 2.45) is 0 Å². The highest BCUT2D eigenvalue weighted by Gasteiger charge is 2.26. The Hall–Kier alpha value is -0.210. The quantitative estimate of drug-likeness (QED) is 0.518. The molecular weight excluding hydrogens is 220 g/mol. The minimum absolute atomic E-state index is 0.0829. The third kappa shape index (κ3) is 4.43. The van der Waals surface area contributed by atoms with Crippen molar-refractivity contribution in [1.29, 1.82) is 0 Å². The van der Waals surface area contributed by atoms with Crippen molar-refractivity contribution in [2.45, 2.75) is 19.1 Å². The molecule has 1 fully saturated rings. The SMILES string of the molecule is CC(O)[C@@H]1CNCCN1CCS(=O)(=O)O. The van der Waals surface area contributed by atoms with Gasteiger partial charge in [0.1, 0.15) is 0 Å². The molecular formula is C8H18N2O4S. The summed E-state index contributed by atoms with van der Waals surface area (Å²) in [7, 11) is -3.92. The predicted octanol–water partition coefficient (Wildman–Crippen LogP) is -1.47. The van der Waals surface area contributed by atoms with Crippen LogP contribution in [-0.2, 0) is 10.1 Å². The lowest BCUT2D eigenvalue weighted by Crippen LogP contribution is -2.56. The summed E-state index contributed by atoms with van der Waals surface area (Å²) in [5, 5.41) is 12.6. The topological polar surface area (TPSA) is 89.9 Å². The van der Waals surface area contributed by atoms with E-state index in [1.165, 1.54) is 0 Å². The first-order chi connectivity index (χ1) is 6.90. The van der Waals surface area contributed by atoms with Gasteiger partial charge < -0.3 is 10.4 Å². The Bertz CT molecular complexity index is 291. The van der Waals surface area contributed by atoms with Gasteiger partial charge in [-0.25, -0.2) is 0 Å². The Balaban J connectivity index is 2.50. The third-order valence-electron chi connectivity index (χ3n) is 2.59. The fourth-order valence-electron chi connectivity index (χ4n) is 1.75. The average Bonchev–Trinajstić information content (AvgIpc) is 2.14. The lowest BCUT2D eigenvalue weighted by Gasteiger charge is -2.37. The molecule has 0 aromatic heterocycles. The summed E-state index contributed by atoms with van der Waals surface area (Å²) in [4.78, 5) is 1.88. The van der Waals surface area contributed by atoms with Gasteiger partial charge in [-0.2, -0.15) is 8.42 Å². The fourth-order valence-corrected chi connectivity index (χ4v) is 2.22. The number of hydrogen-bond donors (Lipinski definition) is 3. The normalized spacial score (nSPS) is 26.5. The first-order valence-electron chi connectivity index (χ1n) is 4.98. The summed E-state index contributed by atoms with van der Waals surface area (Å²) in [6, 6.07) is -0.0829. The van der Waals surface area contributed by atoms with E-state index in [2.05, 4.69) is 5.32 Å². The van der Waals surface area contributed by atoms with Crippen molar-refractivity contribution in [1.82, 2.24) is 10.2 Å².